The van der Waals surface area contributed by atoms with Gasteiger partial charge in [-0.25, -0.2) is 18.1 Å². The number of hydrogen-bond donors (Lipinski definition) is 2. The summed E-state index contributed by atoms with van der Waals surface area (Å²) >= 11 is 1.38. The van der Waals surface area contributed by atoms with Crippen molar-refractivity contribution in [2.45, 2.75) is 18.4 Å². The van der Waals surface area contributed by atoms with Crippen LogP contribution >= 0.6 is 11.3 Å². The highest BCUT2D eigenvalue weighted by Crippen LogP contribution is 2.21. The zero-order chi connectivity index (χ0) is 18.6. The number of rotatable bonds is 6. The molecule has 7 nitrogen and oxygen atoms in total. The average Bonchev–Trinajstić information content (AvgIpc) is 3.10. The maximum Gasteiger partial charge on any atom is 0.240 e. The molecule has 9 heteroatoms. The van der Waals surface area contributed by atoms with E-state index in [2.05, 4.69) is 20.0 Å². The van der Waals surface area contributed by atoms with Crippen LogP contribution in [0.2, 0.25) is 0 Å². The Kier molecular flexibility index (Phi) is 5.40. The fraction of sp³-hybridized carbons (Fsp3) is 0.118. The number of nitrogens with zero attached hydrogens (tertiary/aromatic N) is 2. The molecule has 2 N–H and O–H groups in total. The lowest BCUT2D eigenvalue weighted by Gasteiger charge is -2.07. The third-order valence-electron chi connectivity index (χ3n) is 3.41. The van der Waals surface area contributed by atoms with Crippen LogP contribution < -0.4 is 10.0 Å². The van der Waals surface area contributed by atoms with Crippen LogP contribution in [0.3, 0.4) is 0 Å². The minimum atomic E-state index is -3.67. The van der Waals surface area contributed by atoms with E-state index >= 15 is 0 Å². The van der Waals surface area contributed by atoms with Gasteiger partial charge in [-0.05, 0) is 36.4 Å². The molecule has 0 unspecified atom stereocenters. The van der Waals surface area contributed by atoms with Crippen molar-refractivity contribution < 1.29 is 13.2 Å². The molecule has 26 heavy (non-hydrogen) atoms. The minimum absolute atomic E-state index is 0.0979. The first-order valence-corrected chi connectivity index (χ1v) is 10.0. The van der Waals surface area contributed by atoms with E-state index in [9.17, 15) is 13.2 Å². The number of carbonyl (C=O) groups is 1. The maximum atomic E-state index is 12.4. The summed E-state index contributed by atoms with van der Waals surface area (Å²) < 4.78 is 27.3. The van der Waals surface area contributed by atoms with Crippen molar-refractivity contribution in [1.82, 2.24) is 14.7 Å². The number of sulfonamides is 1. The number of aromatic nitrogens is 2. The Balaban J connectivity index is 1.67. The standard InChI is InChI=1S/C17H16N4O3S2/c1-12(22)20-14-4-6-15(7-5-14)26(23,24)19-10-17-21-16(11-25-17)13-3-2-8-18-9-13/h2-9,11,19H,10H2,1H3,(H,20,22). The van der Waals surface area contributed by atoms with Gasteiger partial charge >= 0.3 is 0 Å². The molecular weight excluding hydrogens is 372 g/mol. The molecule has 0 atom stereocenters. The second-order valence-corrected chi connectivity index (χ2v) is 8.11. The van der Waals surface area contributed by atoms with Gasteiger partial charge in [-0.3, -0.25) is 9.78 Å². The molecule has 0 spiro atoms. The van der Waals surface area contributed by atoms with Crippen molar-refractivity contribution in [1.29, 1.82) is 0 Å². The van der Waals surface area contributed by atoms with E-state index < -0.39 is 10.0 Å². The molecule has 0 aliphatic heterocycles. The third-order valence-corrected chi connectivity index (χ3v) is 5.67. The van der Waals surface area contributed by atoms with Crippen LogP contribution in [0.1, 0.15) is 11.9 Å². The Morgan fingerprint density at radius 3 is 2.62 bits per heavy atom. The van der Waals surface area contributed by atoms with Crippen LogP contribution in [-0.4, -0.2) is 24.3 Å². The van der Waals surface area contributed by atoms with E-state index in [4.69, 9.17) is 0 Å². The van der Waals surface area contributed by atoms with Gasteiger partial charge in [0.1, 0.15) is 5.01 Å². The molecule has 0 aliphatic carbocycles. The first-order chi connectivity index (χ1) is 12.4. The van der Waals surface area contributed by atoms with Crippen molar-refractivity contribution in [2.24, 2.45) is 0 Å². The van der Waals surface area contributed by atoms with Gasteiger partial charge in [-0.2, -0.15) is 0 Å². The van der Waals surface area contributed by atoms with Gasteiger partial charge in [-0.1, -0.05) is 0 Å². The summed E-state index contributed by atoms with van der Waals surface area (Å²) in [5.41, 5.74) is 2.18. The molecule has 0 bridgehead atoms. The Hall–Kier alpha value is -2.62. The molecule has 0 saturated carbocycles. The lowest BCUT2D eigenvalue weighted by molar-refractivity contribution is -0.114. The predicted octanol–water partition coefficient (Wildman–Crippen LogP) is 2.64. The topological polar surface area (TPSA) is 101 Å². The molecule has 0 aliphatic rings. The molecule has 2 aromatic heterocycles. The van der Waals surface area contributed by atoms with E-state index in [0.717, 1.165) is 11.3 Å². The minimum Gasteiger partial charge on any atom is -0.326 e. The average molecular weight is 388 g/mol. The van der Waals surface area contributed by atoms with Crippen molar-refractivity contribution in [3.63, 3.8) is 0 Å². The Labute approximate surface area is 155 Å². The number of benzene rings is 1. The lowest BCUT2D eigenvalue weighted by Crippen LogP contribution is -2.23. The molecule has 0 radical (unpaired) electrons. The van der Waals surface area contributed by atoms with E-state index in [1.54, 1.807) is 24.5 Å². The number of anilines is 1. The van der Waals surface area contributed by atoms with Crippen LogP contribution in [0.25, 0.3) is 11.3 Å². The zero-order valence-electron chi connectivity index (χ0n) is 13.8. The highest BCUT2D eigenvalue weighted by Gasteiger charge is 2.15. The second kappa shape index (κ2) is 7.73. The van der Waals surface area contributed by atoms with Crippen LogP contribution in [0.5, 0.6) is 0 Å². The monoisotopic (exact) mass is 388 g/mol. The van der Waals surface area contributed by atoms with Crippen LogP contribution in [-0.2, 0) is 21.4 Å². The fourth-order valence-corrected chi connectivity index (χ4v) is 4.02. The molecule has 1 amide bonds. The summed E-state index contributed by atoms with van der Waals surface area (Å²) in [5, 5.41) is 5.11. The van der Waals surface area contributed by atoms with Crippen molar-refractivity contribution in [3.8, 4) is 11.3 Å². The fourth-order valence-electron chi connectivity index (χ4n) is 2.20. The highest BCUT2D eigenvalue weighted by atomic mass is 32.2. The molecule has 3 rings (SSSR count). The van der Waals surface area contributed by atoms with Gasteiger partial charge < -0.3 is 5.32 Å². The summed E-state index contributed by atoms with van der Waals surface area (Å²) in [7, 11) is -3.67. The largest absolute Gasteiger partial charge is 0.326 e. The normalized spacial score (nSPS) is 11.3. The molecule has 3 aromatic rings. The number of carbonyl (C=O) groups excluding carboxylic acids is 1. The summed E-state index contributed by atoms with van der Waals surface area (Å²) in [6.07, 6.45) is 3.39. The predicted molar refractivity (Wildman–Crippen MR) is 100 cm³/mol. The molecule has 0 saturated heterocycles. The van der Waals surface area contributed by atoms with Crippen LogP contribution in [0.4, 0.5) is 5.69 Å². The summed E-state index contributed by atoms with van der Waals surface area (Å²) in [5.74, 6) is -0.216. The zero-order valence-corrected chi connectivity index (χ0v) is 15.5. The van der Waals surface area contributed by atoms with Crippen molar-refractivity contribution in [2.75, 3.05) is 5.32 Å². The van der Waals surface area contributed by atoms with E-state index in [1.807, 2.05) is 17.5 Å². The van der Waals surface area contributed by atoms with E-state index in [-0.39, 0.29) is 17.3 Å². The quantitative estimate of drug-likeness (QED) is 0.676. The van der Waals surface area contributed by atoms with Crippen LogP contribution in [0, 0.1) is 0 Å². The first-order valence-electron chi connectivity index (χ1n) is 7.66. The molecule has 0 fully saturated rings. The van der Waals surface area contributed by atoms with Gasteiger partial charge in [-0.15, -0.1) is 11.3 Å². The van der Waals surface area contributed by atoms with Gasteiger partial charge in [0.2, 0.25) is 15.9 Å². The third kappa shape index (κ3) is 4.51. The van der Waals surface area contributed by atoms with Gasteiger partial charge in [0.15, 0.2) is 0 Å². The molecular formula is C17H16N4O3S2. The Morgan fingerprint density at radius 2 is 1.96 bits per heavy atom. The van der Waals surface area contributed by atoms with E-state index in [0.29, 0.717) is 10.7 Å². The highest BCUT2D eigenvalue weighted by molar-refractivity contribution is 7.89. The summed E-state index contributed by atoms with van der Waals surface area (Å²) in [4.78, 5) is 19.6. The van der Waals surface area contributed by atoms with Crippen LogP contribution in [0.15, 0.2) is 59.1 Å². The SMILES string of the molecule is CC(=O)Nc1ccc(S(=O)(=O)NCc2nc(-c3cccnc3)cs2)cc1. The molecule has 1 aromatic carbocycles. The summed E-state index contributed by atoms with van der Waals surface area (Å²) in [6.45, 7) is 1.49. The number of hydrogen-bond acceptors (Lipinski definition) is 6. The maximum absolute atomic E-state index is 12.4. The Bertz CT molecular complexity index is 1000. The second-order valence-electron chi connectivity index (χ2n) is 5.40. The number of amides is 1. The molecule has 134 valence electrons. The smallest absolute Gasteiger partial charge is 0.240 e. The van der Waals surface area contributed by atoms with Crippen molar-refractivity contribution in [3.05, 3.63) is 59.2 Å². The number of nitrogens with one attached hydrogen (secondary N) is 2. The Morgan fingerprint density at radius 1 is 1.19 bits per heavy atom. The van der Waals surface area contributed by atoms with Gasteiger partial charge in [0.05, 0.1) is 17.1 Å². The van der Waals surface area contributed by atoms with Gasteiger partial charge in [0, 0.05) is 35.9 Å². The summed E-state index contributed by atoms with van der Waals surface area (Å²) in [6, 6.07) is 9.68. The lowest BCUT2D eigenvalue weighted by atomic mass is 10.2. The number of thiazole rings is 1. The first kappa shape index (κ1) is 18.2. The van der Waals surface area contributed by atoms with Crippen molar-refractivity contribution >= 4 is 33.0 Å². The molecule has 2 heterocycles. The van der Waals surface area contributed by atoms with Gasteiger partial charge in [0.25, 0.3) is 0 Å². The number of pyridine rings is 1. The van der Waals surface area contributed by atoms with E-state index in [1.165, 1.54) is 30.4 Å².